The highest BCUT2D eigenvalue weighted by molar-refractivity contribution is 7.89. The first-order valence-corrected chi connectivity index (χ1v) is 7.34. The zero-order chi connectivity index (χ0) is 14.2. The second-order valence-corrected chi connectivity index (χ2v) is 6.36. The number of rotatable bonds is 4. The third kappa shape index (κ3) is 2.49. The van der Waals surface area contributed by atoms with E-state index in [1.165, 1.54) is 18.2 Å². The van der Waals surface area contributed by atoms with Gasteiger partial charge in [0, 0.05) is 13.1 Å². The fourth-order valence-corrected chi connectivity index (χ4v) is 3.81. The van der Waals surface area contributed by atoms with Gasteiger partial charge < -0.3 is 10.2 Å². The Balaban J connectivity index is 2.47. The van der Waals surface area contributed by atoms with Gasteiger partial charge >= 0.3 is 5.97 Å². The Kier molecular flexibility index (Phi) is 3.62. The zero-order valence-corrected chi connectivity index (χ0v) is 11.2. The quantitative estimate of drug-likeness (QED) is 0.830. The number of carbonyl (C=O) groups is 1. The number of aryl methyl sites for hydroxylation is 1. The summed E-state index contributed by atoms with van der Waals surface area (Å²) in [5.41, 5.74) is 0.517. The van der Waals surface area contributed by atoms with Gasteiger partial charge in [-0.2, -0.15) is 4.31 Å². The average molecular weight is 285 g/mol. The van der Waals surface area contributed by atoms with Gasteiger partial charge in [-0.1, -0.05) is 13.0 Å². The van der Waals surface area contributed by atoms with Crippen LogP contribution in [0.5, 0.6) is 0 Å². The van der Waals surface area contributed by atoms with Gasteiger partial charge in [0.15, 0.2) is 0 Å². The van der Waals surface area contributed by atoms with Crippen LogP contribution >= 0.6 is 0 Å². The van der Waals surface area contributed by atoms with Crippen LogP contribution in [-0.4, -0.2) is 48.1 Å². The van der Waals surface area contributed by atoms with Crippen molar-refractivity contribution in [2.75, 3.05) is 13.1 Å². The summed E-state index contributed by atoms with van der Waals surface area (Å²) in [6, 6.07) is 4.10. The van der Waals surface area contributed by atoms with E-state index in [0.29, 0.717) is 12.0 Å². The van der Waals surface area contributed by atoms with Crippen molar-refractivity contribution in [3.8, 4) is 0 Å². The number of aromatic carboxylic acids is 1. The van der Waals surface area contributed by atoms with E-state index in [9.17, 15) is 18.3 Å². The van der Waals surface area contributed by atoms with Crippen molar-refractivity contribution >= 4 is 16.0 Å². The number of β-amino-alcohol motifs (C(OH)–C–C–N with tert-alkyl or cyclic N) is 1. The molecule has 0 amide bonds. The molecule has 0 radical (unpaired) electrons. The topological polar surface area (TPSA) is 94.9 Å². The maximum absolute atomic E-state index is 12.3. The highest BCUT2D eigenvalue weighted by atomic mass is 32.2. The van der Waals surface area contributed by atoms with E-state index in [0.717, 1.165) is 4.31 Å². The molecule has 1 fully saturated rings. The molecule has 7 heteroatoms. The zero-order valence-electron chi connectivity index (χ0n) is 10.4. The lowest BCUT2D eigenvalue weighted by molar-refractivity contribution is 0.0547. The molecule has 2 N–H and O–H groups in total. The largest absolute Gasteiger partial charge is 0.478 e. The number of hydrogen-bond donors (Lipinski definition) is 2. The number of sulfonamides is 1. The summed E-state index contributed by atoms with van der Waals surface area (Å²) in [6.45, 7) is 1.92. The van der Waals surface area contributed by atoms with E-state index in [1.54, 1.807) is 6.92 Å². The van der Waals surface area contributed by atoms with Crippen LogP contribution in [0.15, 0.2) is 23.1 Å². The summed E-state index contributed by atoms with van der Waals surface area (Å²) < 4.78 is 25.8. The van der Waals surface area contributed by atoms with Crippen LogP contribution in [0.3, 0.4) is 0 Å². The second-order valence-electron chi connectivity index (χ2n) is 4.46. The Morgan fingerprint density at radius 3 is 2.53 bits per heavy atom. The van der Waals surface area contributed by atoms with E-state index in [-0.39, 0.29) is 23.5 Å². The molecule has 0 spiro atoms. The first-order valence-electron chi connectivity index (χ1n) is 5.90. The lowest BCUT2D eigenvalue weighted by Gasteiger charge is -2.35. The van der Waals surface area contributed by atoms with E-state index in [4.69, 9.17) is 5.11 Å². The van der Waals surface area contributed by atoms with Gasteiger partial charge in [0.25, 0.3) is 0 Å². The monoisotopic (exact) mass is 285 g/mol. The minimum Gasteiger partial charge on any atom is -0.478 e. The van der Waals surface area contributed by atoms with Crippen LogP contribution in [0.4, 0.5) is 0 Å². The highest BCUT2D eigenvalue weighted by Crippen LogP contribution is 2.26. The Morgan fingerprint density at radius 1 is 1.42 bits per heavy atom. The lowest BCUT2D eigenvalue weighted by Crippen LogP contribution is -2.53. The molecule has 0 aromatic heterocycles. The average Bonchev–Trinajstić information content (AvgIpc) is 2.34. The molecule has 0 unspecified atom stereocenters. The first-order chi connectivity index (χ1) is 8.86. The van der Waals surface area contributed by atoms with Crippen molar-refractivity contribution < 1.29 is 23.4 Å². The van der Waals surface area contributed by atoms with E-state index < -0.39 is 22.1 Å². The first kappa shape index (κ1) is 14.0. The Morgan fingerprint density at radius 2 is 2.05 bits per heavy atom. The Labute approximate surface area is 111 Å². The smallest absolute Gasteiger partial charge is 0.335 e. The Bertz CT molecular complexity index is 605. The van der Waals surface area contributed by atoms with Crippen molar-refractivity contribution in [1.29, 1.82) is 0 Å². The number of benzene rings is 1. The van der Waals surface area contributed by atoms with Crippen molar-refractivity contribution in [1.82, 2.24) is 4.31 Å². The molecule has 2 rings (SSSR count). The highest BCUT2D eigenvalue weighted by Gasteiger charge is 2.36. The predicted octanol–water partition coefficient (Wildman–Crippen LogP) is 0.312. The molecule has 0 atom stereocenters. The minimum absolute atomic E-state index is 0.0156. The summed E-state index contributed by atoms with van der Waals surface area (Å²) >= 11 is 0. The molecular formula is C12H15NO5S. The van der Waals surface area contributed by atoms with Gasteiger partial charge in [-0.05, 0) is 24.1 Å². The molecule has 1 aliphatic rings. The summed E-state index contributed by atoms with van der Waals surface area (Å²) in [4.78, 5) is 11.0. The SMILES string of the molecule is CCc1ccc(C(=O)O)cc1S(=O)(=O)N1CC(O)C1. The molecule has 1 aromatic carbocycles. The number of aliphatic hydroxyl groups is 1. The standard InChI is InChI=1S/C12H15NO5S/c1-2-8-3-4-9(12(15)16)5-11(8)19(17,18)13-6-10(14)7-13/h3-5,10,14H,2,6-7H2,1H3,(H,15,16). The van der Waals surface area contributed by atoms with Gasteiger partial charge in [0.2, 0.25) is 10.0 Å². The fraction of sp³-hybridized carbons (Fsp3) is 0.417. The molecular weight excluding hydrogens is 270 g/mol. The summed E-state index contributed by atoms with van der Waals surface area (Å²) in [5, 5.41) is 18.1. The second kappa shape index (κ2) is 4.92. The maximum atomic E-state index is 12.3. The summed E-state index contributed by atoms with van der Waals surface area (Å²) in [7, 11) is -3.72. The third-order valence-electron chi connectivity index (χ3n) is 3.14. The lowest BCUT2D eigenvalue weighted by atomic mass is 10.1. The maximum Gasteiger partial charge on any atom is 0.335 e. The summed E-state index contributed by atoms with van der Waals surface area (Å²) in [5.74, 6) is -1.16. The van der Waals surface area contributed by atoms with E-state index >= 15 is 0 Å². The molecule has 1 saturated heterocycles. The van der Waals surface area contributed by atoms with Crippen LogP contribution in [0.1, 0.15) is 22.8 Å². The van der Waals surface area contributed by atoms with Gasteiger partial charge in [0.1, 0.15) is 0 Å². The Hall–Kier alpha value is -1.44. The molecule has 0 aliphatic carbocycles. The third-order valence-corrected chi connectivity index (χ3v) is 5.06. The van der Waals surface area contributed by atoms with Crippen LogP contribution in [-0.2, 0) is 16.4 Å². The van der Waals surface area contributed by atoms with Crippen LogP contribution in [0.25, 0.3) is 0 Å². The molecule has 104 valence electrons. The predicted molar refractivity (Wildman–Crippen MR) is 67.5 cm³/mol. The van der Waals surface area contributed by atoms with Crippen LogP contribution < -0.4 is 0 Å². The molecule has 19 heavy (non-hydrogen) atoms. The van der Waals surface area contributed by atoms with Gasteiger partial charge in [0.05, 0.1) is 16.6 Å². The van der Waals surface area contributed by atoms with Crippen molar-refractivity contribution in [2.24, 2.45) is 0 Å². The normalized spacial score (nSPS) is 17.2. The number of carboxylic acids is 1. The molecule has 0 bridgehead atoms. The molecule has 6 nitrogen and oxygen atoms in total. The van der Waals surface area contributed by atoms with Crippen molar-refractivity contribution in [3.63, 3.8) is 0 Å². The number of aliphatic hydroxyl groups excluding tert-OH is 1. The number of nitrogens with zero attached hydrogens (tertiary/aromatic N) is 1. The van der Waals surface area contributed by atoms with E-state index in [2.05, 4.69) is 0 Å². The van der Waals surface area contributed by atoms with Gasteiger partial charge in [-0.3, -0.25) is 0 Å². The molecule has 0 saturated carbocycles. The van der Waals surface area contributed by atoms with Crippen molar-refractivity contribution in [2.45, 2.75) is 24.3 Å². The summed E-state index contributed by atoms with van der Waals surface area (Å²) in [6.07, 6.45) is -0.146. The van der Waals surface area contributed by atoms with Crippen LogP contribution in [0, 0.1) is 0 Å². The molecule has 1 aliphatic heterocycles. The number of carboxylic acid groups (broad SMARTS) is 1. The van der Waals surface area contributed by atoms with E-state index in [1.807, 2.05) is 0 Å². The number of hydrogen-bond acceptors (Lipinski definition) is 4. The minimum atomic E-state index is -3.72. The van der Waals surface area contributed by atoms with Gasteiger partial charge in [-0.15, -0.1) is 0 Å². The van der Waals surface area contributed by atoms with Crippen molar-refractivity contribution in [3.05, 3.63) is 29.3 Å². The molecule has 1 heterocycles. The fourth-order valence-electron chi connectivity index (χ4n) is 1.97. The van der Waals surface area contributed by atoms with Gasteiger partial charge in [-0.25, -0.2) is 13.2 Å². The molecule has 1 aromatic rings. The van der Waals surface area contributed by atoms with Crippen LogP contribution in [0.2, 0.25) is 0 Å².